The number of nitrogens with one attached hydrogen (secondary N) is 1. The predicted octanol–water partition coefficient (Wildman–Crippen LogP) is 2.39. The zero-order valence-electron chi connectivity index (χ0n) is 11.5. The van der Waals surface area contributed by atoms with Gasteiger partial charge in [-0.15, -0.1) is 0 Å². The molecule has 1 rings (SSSR count). The van der Waals surface area contributed by atoms with E-state index in [0.29, 0.717) is 6.42 Å². The highest BCUT2D eigenvalue weighted by Gasteiger charge is 2.17. The van der Waals surface area contributed by atoms with Gasteiger partial charge in [0.1, 0.15) is 0 Å². The SMILES string of the molecule is CCC(CC(=O)O)NC(=O)N(C)c1cccc(C)c1. The highest BCUT2D eigenvalue weighted by molar-refractivity contribution is 5.91. The third kappa shape index (κ3) is 4.62. The first-order chi connectivity index (χ1) is 8.93. The number of rotatable bonds is 5. The fourth-order valence-electron chi connectivity index (χ4n) is 1.73. The van der Waals surface area contributed by atoms with Crippen LogP contribution in [0.3, 0.4) is 0 Å². The molecule has 1 aromatic carbocycles. The Kier molecular flexibility index (Phi) is 5.36. The summed E-state index contributed by atoms with van der Waals surface area (Å²) in [6.07, 6.45) is 0.517. The molecule has 0 aliphatic carbocycles. The number of aryl methyl sites for hydroxylation is 1. The van der Waals surface area contributed by atoms with Crippen molar-refractivity contribution in [3.8, 4) is 0 Å². The Morgan fingerprint density at radius 2 is 2.11 bits per heavy atom. The van der Waals surface area contributed by atoms with Crippen LogP contribution in [0.15, 0.2) is 24.3 Å². The summed E-state index contributed by atoms with van der Waals surface area (Å²) in [5.74, 6) is -0.912. The van der Waals surface area contributed by atoms with Crippen molar-refractivity contribution >= 4 is 17.7 Å². The number of amides is 2. The maximum Gasteiger partial charge on any atom is 0.321 e. The maximum absolute atomic E-state index is 12.0. The number of carbonyl (C=O) groups is 2. The van der Waals surface area contributed by atoms with Gasteiger partial charge in [-0.05, 0) is 31.0 Å². The van der Waals surface area contributed by atoms with Crippen molar-refractivity contribution in [1.29, 1.82) is 0 Å². The summed E-state index contributed by atoms with van der Waals surface area (Å²) in [6.45, 7) is 3.80. The minimum Gasteiger partial charge on any atom is -0.481 e. The van der Waals surface area contributed by atoms with Crippen molar-refractivity contribution in [2.45, 2.75) is 32.7 Å². The van der Waals surface area contributed by atoms with Crippen molar-refractivity contribution in [3.05, 3.63) is 29.8 Å². The Bertz CT molecular complexity index is 460. The van der Waals surface area contributed by atoms with Crippen LogP contribution in [0.4, 0.5) is 10.5 Å². The number of hydrogen-bond acceptors (Lipinski definition) is 2. The molecule has 1 aromatic rings. The average molecular weight is 264 g/mol. The van der Waals surface area contributed by atoms with Crippen LogP contribution in [-0.2, 0) is 4.79 Å². The van der Waals surface area contributed by atoms with Gasteiger partial charge >= 0.3 is 12.0 Å². The van der Waals surface area contributed by atoms with E-state index in [1.165, 1.54) is 4.90 Å². The van der Waals surface area contributed by atoms with E-state index in [1.807, 2.05) is 38.1 Å². The summed E-state index contributed by atoms with van der Waals surface area (Å²) >= 11 is 0. The van der Waals surface area contributed by atoms with Crippen molar-refractivity contribution in [3.63, 3.8) is 0 Å². The van der Waals surface area contributed by atoms with E-state index >= 15 is 0 Å². The Morgan fingerprint density at radius 3 is 2.63 bits per heavy atom. The van der Waals surface area contributed by atoms with E-state index in [0.717, 1.165) is 11.3 Å². The number of aliphatic carboxylic acids is 1. The van der Waals surface area contributed by atoms with Gasteiger partial charge in [0.2, 0.25) is 0 Å². The summed E-state index contributed by atoms with van der Waals surface area (Å²) in [4.78, 5) is 24.2. The van der Waals surface area contributed by atoms with Gasteiger partial charge in [0.05, 0.1) is 6.42 Å². The lowest BCUT2D eigenvalue weighted by Gasteiger charge is -2.22. The van der Waals surface area contributed by atoms with Crippen LogP contribution in [0, 0.1) is 6.92 Å². The molecule has 2 N–H and O–H groups in total. The summed E-state index contributed by atoms with van der Waals surface area (Å²) in [6, 6.07) is 6.93. The molecule has 0 saturated carbocycles. The summed E-state index contributed by atoms with van der Waals surface area (Å²) < 4.78 is 0. The summed E-state index contributed by atoms with van der Waals surface area (Å²) in [5.41, 5.74) is 1.84. The molecule has 5 nitrogen and oxygen atoms in total. The molecular weight excluding hydrogens is 244 g/mol. The maximum atomic E-state index is 12.0. The molecule has 5 heteroatoms. The number of urea groups is 1. The predicted molar refractivity (Wildman–Crippen MR) is 74.4 cm³/mol. The fraction of sp³-hybridized carbons (Fsp3) is 0.429. The molecule has 1 unspecified atom stereocenters. The number of anilines is 1. The largest absolute Gasteiger partial charge is 0.481 e. The fourth-order valence-corrected chi connectivity index (χ4v) is 1.73. The zero-order valence-corrected chi connectivity index (χ0v) is 11.5. The normalized spacial score (nSPS) is 11.7. The number of carbonyl (C=O) groups excluding carboxylic acids is 1. The Balaban J connectivity index is 2.69. The molecule has 0 bridgehead atoms. The van der Waals surface area contributed by atoms with E-state index in [-0.39, 0.29) is 18.5 Å². The Hall–Kier alpha value is -2.04. The summed E-state index contributed by atoms with van der Waals surface area (Å²) in [5, 5.41) is 11.5. The van der Waals surface area contributed by atoms with Gasteiger partial charge in [0, 0.05) is 18.8 Å². The molecule has 0 fully saturated rings. The first-order valence-electron chi connectivity index (χ1n) is 6.26. The molecule has 2 amide bonds. The van der Waals surface area contributed by atoms with E-state index < -0.39 is 5.97 Å². The lowest BCUT2D eigenvalue weighted by Crippen LogP contribution is -2.43. The zero-order chi connectivity index (χ0) is 14.4. The molecule has 0 saturated heterocycles. The highest BCUT2D eigenvalue weighted by atomic mass is 16.4. The third-order valence-corrected chi connectivity index (χ3v) is 2.94. The molecule has 0 heterocycles. The Morgan fingerprint density at radius 1 is 1.42 bits per heavy atom. The lowest BCUT2D eigenvalue weighted by atomic mass is 10.1. The van der Waals surface area contributed by atoms with Crippen LogP contribution >= 0.6 is 0 Å². The minimum absolute atomic E-state index is 0.0656. The van der Waals surface area contributed by atoms with Crippen LogP contribution in [0.1, 0.15) is 25.3 Å². The second-order valence-electron chi connectivity index (χ2n) is 4.55. The number of carboxylic acid groups (broad SMARTS) is 1. The molecule has 0 radical (unpaired) electrons. The number of carboxylic acids is 1. The highest BCUT2D eigenvalue weighted by Crippen LogP contribution is 2.14. The number of hydrogen-bond donors (Lipinski definition) is 2. The van der Waals surface area contributed by atoms with Crippen LogP contribution in [0.5, 0.6) is 0 Å². The second kappa shape index (κ2) is 6.78. The summed E-state index contributed by atoms with van der Waals surface area (Å²) in [7, 11) is 1.66. The molecule has 0 aromatic heterocycles. The standard InChI is InChI=1S/C14H20N2O3/c1-4-11(9-13(17)18)15-14(19)16(3)12-7-5-6-10(2)8-12/h5-8,11H,4,9H2,1-3H3,(H,15,19)(H,17,18). The molecule has 19 heavy (non-hydrogen) atoms. The van der Waals surface area contributed by atoms with Crippen LogP contribution in [-0.4, -0.2) is 30.2 Å². The van der Waals surface area contributed by atoms with Gasteiger partial charge in [0.15, 0.2) is 0 Å². The van der Waals surface area contributed by atoms with Crippen molar-refractivity contribution in [1.82, 2.24) is 5.32 Å². The van der Waals surface area contributed by atoms with E-state index in [9.17, 15) is 9.59 Å². The lowest BCUT2D eigenvalue weighted by molar-refractivity contribution is -0.137. The smallest absolute Gasteiger partial charge is 0.321 e. The molecule has 0 aliphatic rings. The van der Waals surface area contributed by atoms with Gasteiger partial charge < -0.3 is 10.4 Å². The van der Waals surface area contributed by atoms with Gasteiger partial charge in [-0.1, -0.05) is 19.1 Å². The molecule has 1 atom stereocenters. The van der Waals surface area contributed by atoms with E-state index in [2.05, 4.69) is 5.32 Å². The first kappa shape index (κ1) is 15.0. The van der Waals surface area contributed by atoms with Gasteiger partial charge in [-0.25, -0.2) is 4.79 Å². The average Bonchev–Trinajstić information content (AvgIpc) is 2.36. The molecule has 0 aliphatic heterocycles. The quantitative estimate of drug-likeness (QED) is 0.858. The monoisotopic (exact) mass is 264 g/mol. The van der Waals surface area contributed by atoms with E-state index in [1.54, 1.807) is 7.05 Å². The third-order valence-electron chi connectivity index (χ3n) is 2.94. The molecule has 0 spiro atoms. The van der Waals surface area contributed by atoms with Gasteiger partial charge in [-0.3, -0.25) is 9.69 Å². The van der Waals surface area contributed by atoms with Crippen LogP contribution in [0.2, 0.25) is 0 Å². The number of benzene rings is 1. The van der Waals surface area contributed by atoms with Crippen molar-refractivity contribution in [2.75, 3.05) is 11.9 Å². The van der Waals surface area contributed by atoms with Crippen LogP contribution in [0.25, 0.3) is 0 Å². The van der Waals surface area contributed by atoms with Gasteiger partial charge in [0.25, 0.3) is 0 Å². The Labute approximate surface area is 113 Å². The van der Waals surface area contributed by atoms with E-state index in [4.69, 9.17) is 5.11 Å². The second-order valence-corrected chi connectivity index (χ2v) is 4.55. The van der Waals surface area contributed by atoms with Crippen molar-refractivity contribution < 1.29 is 14.7 Å². The molecular formula is C14H20N2O3. The topological polar surface area (TPSA) is 69.6 Å². The minimum atomic E-state index is -0.912. The molecule has 104 valence electrons. The number of nitrogens with zero attached hydrogens (tertiary/aromatic N) is 1. The van der Waals surface area contributed by atoms with Gasteiger partial charge in [-0.2, -0.15) is 0 Å². The first-order valence-corrected chi connectivity index (χ1v) is 6.26. The van der Waals surface area contributed by atoms with Crippen LogP contribution < -0.4 is 10.2 Å². The van der Waals surface area contributed by atoms with Crippen molar-refractivity contribution in [2.24, 2.45) is 0 Å².